The largest absolute Gasteiger partial charge is 0.379 e. The molecule has 1 heterocycles. The molecule has 1 fully saturated rings. The first-order valence-electron chi connectivity index (χ1n) is 6.41. The Morgan fingerprint density at radius 2 is 1.94 bits per heavy atom. The van der Waals surface area contributed by atoms with Crippen molar-refractivity contribution in [1.82, 2.24) is 9.91 Å². The highest BCUT2D eigenvalue weighted by atomic mass is 16.5. The maximum absolute atomic E-state index is 5.29. The minimum atomic E-state index is 0.851. The van der Waals surface area contributed by atoms with Crippen LogP contribution in [0.25, 0.3) is 0 Å². The number of rotatable bonds is 5. The molecule has 0 aromatic rings. The lowest BCUT2D eigenvalue weighted by molar-refractivity contribution is 0.0353. The van der Waals surface area contributed by atoms with E-state index in [2.05, 4.69) is 30.6 Å². The Bertz CT molecular complexity index is 219. The minimum Gasteiger partial charge on any atom is -0.379 e. The van der Waals surface area contributed by atoms with Crippen LogP contribution < -0.4 is 0 Å². The molecule has 0 spiro atoms. The fourth-order valence-electron chi connectivity index (χ4n) is 1.54. The molecule has 1 rings (SSSR count). The third-order valence-electron chi connectivity index (χ3n) is 2.34. The Balaban J connectivity index is 0.00000121. The van der Waals surface area contributed by atoms with Crippen LogP contribution in [0.1, 0.15) is 27.7 Å². The van der Waals surface area contributed by atoms with Crippen LogP contribution in [0.2, 0.25) is 0 Å². The van der Waals surface area contributed by atoms with Crippen molar-refractivity contribution in [1.29, 1.82) is 0 Å². The number of morpholine rings is 1. The number of hydrazone groups is 1. The van der Waals surface area contributed by atoms with Crippen LogP contribution in [0, 0.1) is 0 Å². The monoisotopic (exact) mass is 241 g/mol. The SMILES string of the molecule is C=NN(C=C(C)C)CCN1CCOCC1.CC. The van der Waals surface area contributed by atoms with Crippen molar-refractivity contribution >= 4 is 6.72 Å². The summed E-state index contributed by atoms with van der Waals surface area (Å²) in [6.07, 6.45) is 2.02. The van der Waals surface area contributed by atoms with Crippen molar-refractivity contribution in [2.45, 2.75) is 27.7 Å². The molecule has 0 amide bonds. The van der Waals surface area contributed by atoms with Gasteiger partial charge in [0.2, 0.25) is 0 Å². The first-order chi connectivity index (χ1) is 8.22. The second kappa shape index (κ2) is 10.3. The smallest absolute Gasteiger partial charge is 0.0594 e. The van der Waals surface area contributed by atoms with E-state index in [-0.39, 0.29) is 0 Å². The van der Waals surface area contributed by atoms with Crippen molar-refractivity contribution in [2.75, 3.05) is 39.4 Å². The fourth-order valence-corrected chi connectivity index (χ4v) is 1.54. The number of nitrogens with zero attached hydrogens (tertiary/aromatic N) is 3. The van der Waals surface area contributed by atoms with Gasteiger partial charge in [0.05, 0.1) is 19.8 Å². The second-order valence-electron chi connectivity index (χ2n) is 3.96. The maximum atomic E-state index is 5.29. The van der Waals surface area contributed by atoms with Crippen LogP contribution in [-0.2, 0) is 4.74 Å². The molecule has 0 radical (unpaired) electrons. The molecule has 1 aliphatic rings. The van der Waals surface area contributed by atoms with Gasteiger partial charge in [0, 0.05) is 32.6 Å². The summed E-state index contributed by atoms with van der Waals surface area (Å²) in [5, 5.41) is 5.86. The first-order valence-corrected chi connectivity index (χ1v) is 6.41. The summed E-state index contributed by atoms with van der Waals surface area (Å²) < 4.78 is 5.29. The van der Waals surface area contributed by atoms with Crippen LogP contribution in [0.3, 0.4) is 0 Å². The lowest BCUT2D eigenvalue weighted by Crippen LogP contribution is -2.39. The van der Waals surface area contributed by atoms with Gasteiger partial charge in [-0.05, 0) is 13.8 Å². The molecule has 0 saturated carbocycles. The van der Waals surface area contributed by atoms with Crippen LogP contribution >= 0.6 is 0 Å². The van der Waals surface area contributed by atoms with Gasteiger partial charge in [0.15, 0.2) is 0 Å². The van der Waals surface area contributed by atoms with Gasteiger partial charge < -0.3 is 4.74 Å². The molecule has 0 unspecified atom stereocenters. The molecule has 0 bridgehead atoms. The van der Waals surface area contributed by atoms with Gasteiger partial charge in [-0.25, -0.2) is 0 Å². The summed E-state index contributed by atoms with van der Waals surface area (Å²) in [7, 11) is 0. The van der Waals surface area contributed by atoms with Gasteiger partial charge in [-0.1, -0.05) is 19.4 Å². The van der Waals surface area contributed by atoms with Gasteiger partial charge in [-0.3, -0.25) is 9.91 Å². The van der Waals surface area contributed by atoms with Crippen molar-refractivity contribution in [3.8, 4) is 0 Å². The van der Waals surface area contributed by atoms with E-state index in [9.17, 15) is 0 Å². The summed E-state index contributed by atoms with van der Waals surface area (Å²) in [4.78, 5) is 2.39. The molecule has 1 aliphatic heterocycles. The highest BCUT2D eigenvalue weighted by Gasteiger charge is 2.10. The Labute approximate surface area is 106 Å². The standard InChI is InChI=1S/C11H21N3O.C2H6/c1-11(2)10-14(12-3)5-4-13-6-8-15-9-7-13;1-2/h10H,3-9H2,1-2H3;1-2H3. The molecule has 100 valence electrons. The second-order valence-corrected chi connectivity index (χ2v) is 3.96. The van der Waals surface area contributed by atoms with E-state index < -0.39 is 0 Å². The highest BCUT2D eigenvalue weighted by molar-refractivity contribution is 5.23. The van der Waals surface area contributed by atoms with E-state index in [1.807, 2.05) is 25.1 Å². The van der Waals surface area contributed by atoms with E-state index >= 15 is 0 Å². The first kappa shape index (κ1) is 16.1. The van der Waals surface area contributed by atoms with Crippen molar-refractivity contribution in [3.05, 3.63) is 11.8 Å². The predicted octanol–water partition coefficient (Wildman–Crippen LogP) is 2.19. The third-order valence-corrected chi connectivity index (χ3v) is 2.34. The predicted molar refractivity (Wildman–Crippen MR) is 74.3 cm³/mol. The van der Waals surface area contributed by atoms with Crippen LogP contribution in [0.15, 0.2) is 16.9 Å². The van der Waals surface area contributed by atoms with E-state index in [4.69, 9.17) is 4.74 Å². The number of ether oxygens (including phenoxy) is 1. The summed E-state index contributed by atoms with van der Waals surface area (Å²) in [6.45, 7) is 17.4. The van der Waals surface area contributed by atoms with E-state index in [0.717, 1.165) is 39.4 Å². The average Bonchev–Trinajstić information content (AvgIpc) is 2.37. The fraction of sp³-hybridized carbons (Fsp3) is 0.769. The normalized spacial score (nSPS) is 15.5. The maximum Gasteiger partial charge on any atom is 0.0594 e. The molecule has 0 atom stereocenters. The third kappa shape index (κ3) is 7.94. The summed E-state index contributed by atoms with van der Waals surface area (Å²) in [5.41, 5.74) is 1.24. The van der Waals surface area contributed by atoms with Crippen LogP contribution in [-0.4, -0.2) is 56.0 Å². The van der Waals surface area contributed by atoms with Gasteiger partial charge >= 0.3 is 0 Å². The number of hydrogen-bond acceptors (Lipinski definition) is 4. The van der Waals surface area contributed by atoms with Crippen molar-refractivity contribution < 1.29 is 4.74 Å². The van der Waals surface area contributed by atoms with Crippen molar-refractivity contribution in [2.24, 2.45) is 5.10 Å². The molecule has 17 heavy (non-hydrogen) atoms. The number of allylic oxidation sites excluding steroid dienone is 1. The molecular formula is C13H27N3O. The van der Waals surface area contributed by atoms with Gasteiger partial charge in [0.1, 0.15) is 0 Å². The minimum absolute atomic E-state index is 0.851. The summed E-state index contributed by atoms with van der Waals surface area (Å²) in [6, 6.07) is 0. The zero-order chi connectivity index (χ0) is 13.1. The Hall–Kier alpha value is -0.870. The molecule has 4 nitrogen and oxygen atoms in total. The lowest BCUT2D eigenvalue weighted by atomic mass is 10.4. The molecular weight excluding hydrogens is 214 g/mol. The quantitative estimate of drug-likeness (QED) is 0.545. The van der Waals surface area contributed by atoms with Crippen LogP contribution in [0.4, 0.5) is 0 Å². The number of hydrogen-bond donors (Lipinski definition) is 0. The average molecular weight is 241 g/mol. The zero-order valence-electron chi connectivity index (χ0n) is 11.8. The lowest BCUT2D eigenvalue weighted by Gasteiger charge is -2.28. The Morgan fingerprint density at radius 3 is 2.41 bits per heavy atom. The van der Waals surface area contributed by atoms with Gasteiger partial charge in [-0.2, -0.15) is 5.10 Å². The molecule has 1 saturated heterocycles. The van der Waals surface area contributed by atoms with Gasteiger partial charge in [0.25, 0.3) is 0 Å². The molecule has 0 aromatic heterocycles. The van der Waals surface area contributed by atoms with Crippen molar-refractivity contribution in [3.63, 3.8) is 0 Å². The molecule has 0 N–H and O–H groups in total. The topological polar surface area (TPSA) is 28.1 Å². The molecule has 0 aliphatic carbocycles. The van der Waals surface area contributed by atoms with E-state index in [1.54, 1.807) is 0 Å². The zero-order valence-corrected chi connectivity index (χ0v) is 11.8. The van der Waals surface area contributed by atoms with E-state index in [1.165, 1.54) is 5.57 Å². The molecule has 4 heteroatoms. The van der Waals surface area contributed by atoms with Gasteiger partial charge in [-0.15, -0.1) is 0 Å². The van der Waals surface area contributed by atoms with Crippen LogP contribution in [0.5, 0.6) is 0 Å². The summed E-state index contributed by atoms with van der Waals surface area (Å²) >= 11 is 0. The highest BCUT2D eigenvalue weighted by Crippen LogP contribution is 2.00. The van der Waals surface area contributed by atoms with E-state index in [0.29, 0.717) is 0 Å². The summed E-state index contributed by atoms with van der Waals surface area (Å²) in [5.74, 6) is 0. The Morgan fingerprint density at radius 1 is 1.35 bits per heavy atom. The molecule has 0 aromatic carbocycles. The Kier molecular flexibility index (Phi) is 9.77.